The molecule has 0 radical (unpaired) electrons. The lowest BCUT2D eigenvalue weighted by molar-refractivity contribution is 0.581. The summed E-state index contributed by atoms with van der Waals surface area (Å²) in [6.07, 6.45) is 3.23. The largest absolute Gasteiger partial charge is 0.265 e. The summed E-state index contributed by atoms with van der Waals surface area (Å²) in [6, 6.07) is 19.0. The van der Waals surface area contributed by atoms with E-state index in [9.17, 15) is 8.42 Å². The zero-order valence-corrected chi connectivity index (χ0v) is 15.1. The van der Waals surface area contributed by atoms with Gasteiger partial charge in [-0.1, -0.05) is 24.0 Å². The predicted octanol–water partition coefficient (Wildman–Crippen LogP) is 2.83. The Hall–Kier alpha value is -3.45. The topological polar surface area (TPSA) is 82.8 Å². The van der Waals surface area contributed by atoms with Crippen LogP contribution in [0, 0.1) is 23.2 Å². The van der Waals surface area contributed by atoms with E-state index in [0.29, 0.717) is 16.7 Å². The fourth-order valence-corrected chi connectivity index (χ4v) is 3.33. The van der Waals surface area contributed by atoms with Gasteiger partial charge in [0.25, 0.3) is 0 Å². The molecule has 132 valence electrons. The van der Waals surface area contributed by atoms with Crippen molar-refractivity contribution < 1.29 is 8.42 Å². The Morgan fingerprint density at radius 3 is 2.22 bits per heavy atom. The van der Waals surface area contributed by atoms with Gasteiger partial charge in [0.05, 0.1) is 10.5 Å². The van der Waals surface area contributed by atoms with Crippen molar-refractivity contribution in [2.24, 2.45) is 0 Å². The third kappa shape index (κ3) is 4.80. The van der Waals surface area contributed by atoms with Crippen molar-refractivity contribution in [3.8, 4) is 17.9 Å². The lowest BCUT2D eigenvalue weighted by Crippen LogP contribution is -2.23. The highest BCUT2D eigenvalue weighted by Crippen LogP contribution is 2.12. The molecule has 0 saturated heterocycles. The van der Waals surface area contributed by atoms with Gasteiger partial charge in [0.15, 0.2) is 0 Å². The molecule has 0 aliphatic heterocycles. The number of pyridine rings is 1. The number of benzene rings is 2. The van der Waals surface area contributed by atoms with Crippen LogP contribution in [-0.2, 0) is 16.6 Å². The first-order valence-electron chi connectivity index (χ1n) is 8.08. The van der Waals surface area contributed by atoms with Crippen LogP contribution in [0.4, 0.5) is 0 Å². The van der Waals surface area contributed by atoms with Crippen molar-refractivity contribution in [2.75, 3.05) is 0 Å². The Morgan fingerprint density at radius 1 is 0.889 bits per heavy atom. The SMILES string of the molecule is N#Cc1ccccc1C#Cc1ccc(S(=O)(=O)NCc2ccncc2)cc1. The molecule has 3 aromatic rings. The molecule has 0 spiro atoms. The highest BCUT2D eigenvalue weighted by molar-refractivity contribution is 7.89. The lowest BCUT2D eigenvalue weighted by Gasteiger charge is -2.06. The summed E-state index contributed by atoms with van der Waals surface area (Å²) in [6.45, 7) is 0.192. The summed E-state index contributed by atoms with van der Waals surface area (Å²) >= 11 is 0. The van der Waals surface area contributed by atoms with Crippen LogP contribution in [0.25, 0.3) is 0 Å². The molecular formula is C21H15N3O2S. The fourth-order valence-electron chi connectivity index (χ4n) is 2.31. The second-order valence-electron chi connectivity index (χ2n) is 5.61. The van der Waals surface area contributed by atoms with E-state index in [2.05, 4.69) is 27.6 Å². The minimum atomic E-state index is -3.61. The molecule has 3 rings (SSSR count). The first-order valence-corrected chi connectivity index (χ1v) is 9.56. The van der Waals surface area contributed by atoms with Gasteiger partial charge in [0, 0.05) is 30.1 Å². The maximum Gasteiger partial charge on any atom is 0.240 e. The molecule has 0 aliphatic carbocycles. The van der Waals surface area contributed by atoms with Gasteiger partial charge < -0.3 is 0 Å². The van der Waals surface area contributed by atoms with E-state index in [1.54, 1.807) is 54.9 Å². The van der Waals surface area contributed by atoms with Gasteiger partial charge in [0.1, 0.15) is 6.07 Å². The molecule has 1 aromatic heterocycles. The van der Waals surface area contributed by atoms with Gasteiger partial charge in [-0.15, -0.1) is 0 Å². The van der Waals surface area contributed by atoms with E-state index < -0.39 is 10.0 Å². The summed E-state index contributed by atoms with van der Waals surface area (Å²) < 4.78 is 27.3. The van der Waals surface area contributed by atoms with Crippen LogP contribution in [0.1, 0.15) is 22.3 Å². The Bertz CT molecular complexity index is 1140. The molecular weight excluding hydrogens is 358 g/mol. The standard InChI is InChI=1S/C21H15N3O2S/c22-15-20-4-2-1-3-19(20)8-5-17-6-9-21(10-7-17)27(25,26)24-16-18-11-13-23-14-12-18/h1-4,6-7,9-14,24H,16H2. The average Bonchev–Trinajstić information content (AvgIpc) is 2.72. The number of rotatable bonds is 4. The molecule has 6 heteroatoms. The van der Waals surface area contributed by atoms with Crippen LogP contribution in [-0.4, -0.2) is 13.4 Å². The highest BCUT2D eigenvalue weighted by Gasteiger charge is 2.13. The van der Waals surface area contributed by atoms with Crippen LogP contribution in [0.5, 0.6) is 0 Å². The summed E-state index contributed by atoms with van der Waals surface area (Å²) in [5, 5.41) is 9.08. The molecule has 0 atom stereocenters. The lowest BCUT2D eigenvalue weighted by atomic mass is 10.1. The van der Waals surface area contributed by atoms with Gasteiger partial charge in [0.2, 0.25) is 10.0 Å². The van der Waals surface area contributed by atoms with Gasteiger partial charge >= 0.3 is 0 Å². The summed E-state index contributed by atoms with van der Waals surface area (Å²) in [5.41, 5.74) is 2.63. The maximum absolute atomic E-state index is 12.4. The van der Waals surface area contributed by atoms with Crippen LogP contribution in [0.2, 0.25) is 0 Å². The molecule has 0 fully saturated rings. The van der Waals surface area contributed by atoms with Crippen molar-refractivity contribution in [2.45, 2.75) is 11.4 Å². The van der Waals surface area contributed by atoms with Crippen molar-refractivity contribution in [1.29, 1.82) is 5.26 Å². The molecule has 0 bridgehead atoms. The van der Waals surface area contributed by atoms with Crippen molar-refractivity contribution >= 4 is 10.0 Å². The molecule has 27 heavy (non-hydrogen) atoms. The molecule has 2 aromatic carbocycles. The van der Waals surface area contributed by atoms with E-state index in [-0.39, 0.29) is 11.4 Å². The Morgan fingerprint density at radius 2 is 1.56 bits per heavy atom. The normalized spacial score (nSPS) is 10.5. The van der Waals surface area contributed by atoms with Crippen LogP contribution < -0.4 is 4.72 Å². The first-order chi connectivity index (χ1) is 13.1. The second kappa shape index (κ2) is 8.29. The van der Waals surface area contributed by atoms with E-state index in [0.717, 1.165) is 5.56 Å². The molecule has 0 aliphatic rings. The molecule has 1 N–H and O–H groups in total. The Kier molecular flexibility index (Phi) is 5.63. The zero-order valence-electron chi connectivity index (χ0n) is 14.3. The number of nitrogens with zero attached hydrogens (tertiary/aromatic N) is 2. The molecule has 0 unspecified atom stereocenters. The zero-order chi connectivity index (χ0) is 19.1. The van der Waals surface area contributed by atoms with Crippen LogP contribution in [0.3, 0.4) is 0 Å². The number of hydrogen-bond acceptors (Lipinski definition) is 4. The Labute approximate surface area is 158 Å². The van der Waals surface area contributed by atoms with Crippen LogP contribution >= 0.6 is 0 Å². The van der Waals surface area contributed by atoms with Crippen LogP contribution in [0.15, 0.2) is 78.0 Å². The number of nitrogens with one attached hydrogen (secondary N) is 1. The van der Waals surface area contributed by atoms with Crippen molar-refractivity contribution in [3.63, 3.8) is 0 Å². The summed E-state index contributed by atoms with van der Waals surface area (Å²) in [5.74, 6) is 5.89. The van der Waals surface area contributed by atoms with E-state index in [1.807, 2.05) is 6.07 Å². The minimum absolute atomic E-state index is 0.166. The highest BCUT2D eigenvalue weighted by atomic mass is 32.2. The molecule has 1 heterocycles. The predicted molar refractivity (Wildman–Crippen MR) is 102 cm³/mol. The number of nitriles is 1. The monoisotopic (exact) mass is 373 g/mol. The van der Waals surface area contributed by atoms with E-state index in [1.165, 1.54) is 12.1 Å². The first kappa shape index (κ1) is 18.3. The third-order valence-electron chi connectivity index (χ3n) is 3.77. The van der Waals surface area contributed by atoms with E-state index >= 15 is 0 Å². The van der Waals surface area contributed by atoms with Gasteiger partial charge in [-0.3, -0.25) is 4.98 Å². The van der Waals surface area contributed by atoms with E-state index in [4.69, 9.17) is 5.26 Å². The maximum atomic E-state index is 12.4. The quantitative estimate of drug-likeness (QED) is 0.713. The van der Waals surface area contributed by atoms with Crippen molar-refractivity contribution in [1.82, 2.24) is 9.71 Å². The number of aromatic nitrogens is 1. The smallest absolute Gasteiger partial charge is 0.240 e. The minimum Gasteiger partial charge on any atom is -0.265 e. The average molecular weight is 373 g/mol. The molecule has 0 saturated carbocycles. The van der Waals surface area contributed by atoms with Crippen molar-refractivity contribution in [3.05, 3.63) is 95.3 Å². The number of hydrogen-bond donors (Lipinski definition) is 1. The molecule has 5 nitrogen and oxygen atoms in total. The molecule has 0 amide bonds. The summed E-state index contributed by atoms with van der Waals surface area (Å²) in [4.78, 5) is 4.07. The Balaban J connectivity index is 1.74. The number of sulfonamides is 1. The van der Waals surface area contributed by atoms with Gasteiger partial charge in [-0.25, -0.2) is 13.1 Å². The van der Waals surface area contributed by atoms with Gasteiger partial charge in [-0.05, 0) is 54.1 Å². The second-order valence-corrected chi connectivity index (χ2v) is 7.38. The summed E-state index contributed by atoms with van der Waals surface area (Å²) in [7, 11) is -3.61. The fraction of sp³-hybridized carbons (Fsp3) is 0.0476. The van der Waals surface area contributed by atoms with Gasteiger partial charge in [-0.2, -0.15) is 5.26 Å². The third-order valence-corrected chi connectivity index (χ3v) is 5.19.